The summed E-state index contributed by atoms with van der Waals surface area (Å²) in [5.41, 5.74) is -1.53. The van der Waals surface area contributed by atoms with E-state index in [0.717, 1.165) is 32.1 Å². The first-order chi connectivity index (χ1) is 17.1. The van der Waals surface area contributed by atoms with Crippen LogP contribution in [0.2, 0.25) is 0 Å². The van der Waals surface area contributed by atoms with Gasteiger partial charge in [0.2, 0.25) is 17.7 Å². The van der Waals surface area contributed by atoms with Gasteiger partial charge in [-0.25, -0.2) is 0 Å². The smallest absolute Gasteiger partial charge is 0.350 e. The molecule has 1 unspecified atom stereocenters. The van der Waals surface area contributed by atoms with Gasteiger partial charge in [0.25, 0.3) is 0 Å². The van der Waals surface area contributed by atoms with Crippen molar-refractivity contribution in [3.63, 3.8) is 0 Å². The van der Waals surface area contributed by atoms with Crippen molar-refractivity contribution in [1.82, 2.24) is 20.9 Å². The van der Waals surface area contributed by atoms with Crippen molar-refractivity contribution in [2.24, 2.45) is 16.7 Å². The van der Waals surface area contributed by atoms with Crippen LogP contribution in [0.25, 0.3) is 0 Å². The van der Waals surface area contributed by atoms with Crippen molar-refractivity contribution in [3.05, 3.63) is 0 Å². The van der Waals surface area contributed by atoms with Gasteiger partial charge in [0, 0.05) is 18.0 Å². The Morgan fingerprint density at radius 3 is 2.24 bits per heavy atom. The molecule has 2 saturated carbocycles. The molecule has 37 heavy (non-hydrogen) atoms. The van der Waals surface area contributed by atoms with Crippen molar-refractivity contribution < 1.29 is 32.3 Å². The van der Waals surface area contributed by atoms with Crippen molar-refractivity contribution in [3.8, 4) is 6.07 Å². The number of nitrogens with zero attached hydrogens (tertiary/aromatic N) is 2. The predicted molar refractivity (Wildman–Crippen MR) is 124 cm³/mol. The fourth-order valence-corrected chi connectivity index (χ4v) is 5.93. The minimum absolute atomic E-state index is 0.133. The van der Waals surface area contributed by atoms with Crippen LogP contribution in [0.5, 0.6) is 0 Å². The van der Waals surface area contributed by atoms with Crippen molar-refractivity contribution in [2.75, 3.05) is 6.54 Å². The maximum Gasteiger partial charge on any atom is 0.471 e. The highest BCUT2D eigenvalue weighted by Crippen LogP contribution is 2.51. The number of hydrogen-bond acceptors (Lipinski definition) is 5. The predicted octanol–water partition coefficient (Wildman–Crippen LogP) is 1.92. The second-order valence-corrected chi connectivity index (χ2v) is 12.4. The van der Waals surface area contributed by atoms with E-state index in [9.17, 15) is 37.6 Å². The molecule has 204 valence electrons. The molecule has 2 spiro atoms. The maximum atomic E-state index is 13.6. The largest absolute Gasteiger partial charge is 0.471 e. The van der Waals surface area contributed by atoms with E-state index >= 15 is 0 Å². The Morgan fingerprint density at radius 1 is 1.14 bits per heavy atom. The number of alkyl halides is 3. The lowest BCUT2D eigenvalue weighted by molar-refractivity contribution is -0.176. The SMILES string of the molecule is CC(C)(C)C(NC(=O)C(F)(F)F)C(=O)N1CC2(CCC2)C[C@H]1C(=O)N[C@H](C#N)C[C@@H]1CC2(CC2)NC1=O. The van der Waals surface area contributed by atoms with Crippen molar-refractivity contribution >= 4 is 23.6 Å². The highest BCUT2D eigenvalue weighted by Gasteiger charge is 2.55. The lowest BCUT2D eigenvalue weighted by atomic mass is 9.67. The van der Waals surface area contributed by atoms with Gasteiger partial charge in [-0.2, -0.15) is 18.4 Å². The van der Waals surface area contributed by atoms with E-state index in [0.29, 0.717) is 12.8 Å². The molecule has 2 aliphatic carbocycles. The lowest BCUT2D eigenvalue weighted by Crippen LogP contribution is -2.59. The van der Waals surface area contributed by atoms with Gasteiger partial charge in [-0.05, 0) is 55.8 Å². The normalized spacial score (nSPS) is 27.2. The van der Waals surface area contributed by atoms with E-state index in [-0.39, 0.29) is 29.8 Å². The van der Waals surface area contributed by atoms with Crippen LogP contribution in [0.1, 0.15) is 72.1 Å². The average molecular weight is 526 g/mol. The van der Waals surface area contributed by atoms with Crippen LogP contribution in [-0.2, 0) is 19.2 Å². The number of amides is 4. The fraction of sp³-hybridized carbons (Fsp3) is 0.800. The highest BCUT2D eigenvalue weighted by atomic mass is 19.4. The molecule has 3 N–H and O–H groups in total. The van der Waals surface area contributed by atoms with E-state index in [1.165, 1.54) is 4.90 Å². The first-order valence-electron chi connectivity index (χ1n) is 12.8. The average Bonchev–Trinajstić information content (AvgIpc) is 3.25. The molecule has 4 fully saturated rings. The van der Waals surface area contributed by atoms with Gasteiger partial charge in [-0.3, -0.25) is 19.2 Å². The number of hydrogen-bond donors (Lipinski definition) is 3. The third-order valence-corrected chi connectivity index (χ3v) is 8.40. The molecule has 0 bridgehead atoms. The fourth-order valence-electron chi connectivity index (χ4n) is 5.93. The number of nitriles is 1. The Bertz CT molecular complexity index is 1020. The molecule has 12 heteroatoms. The van der Waals surface area contributed by atoms with E-state index in [4.69, 9.17) is 0 Å². The molecule has 2 saturated heterocycles. The summed E-state index contributed by atoms with van der Waals surface area (Å²) in [7, 11) is 0. The molecule has 0 aromatic rings. The van der Waals surface area contributed by atoms with E-state index in [1.807, 2.05) is 11.4 Å². The van der Waals surface area contributed by atoms with Gasteiger partial charge >= 0.3 is 12.1 Å². The van der Waals surface area contributed by atoms with E-state index in [1.54, 1.807) is 20.8 Å². The maximum absolute atomic E-state index is 13.6. The molecular weight excluding hydrogens is 491 g/mol. The van der Waals surface area contributed by atoms with Crippen molar-refractivity contribution in [1.29, 1.82) is 5.26 Å². The van der Waals surface area contributed by atoms with Crippen LogP contribution < -0.4 is 16.0 Å². The molecule has 0 aromatic heterocycles. The number of halogens is 3. The van der Waals surface area contributed by atoms with E-state index < -0.39 is 53.4 Å². The summed E-state index contributed by atoms with van der Waals surface area (Å²) < 4.78 is 39.0. The summed E-state index contributed by atoms with van der Waals surface area (Å²) in [5, 5.41) is 17.2. The minimum atomic E-state index is -5.16. The monoisotopic (exact) mass is 525 g/mol. The van der Waals surface area contributed by atoms with Gasteiger partial charge in [0.05, 0.1) is 6.07 Å². The summed E-state index contributed by atoms with van der Waals surface area (Å²) >= 11 is 0. The molecule has 0 aromatic carbocycles. The number of carbonyl (C=O) groups is 4. The van der Waals surface area contributed by atoms with Crippen LogP contribution in [0, 0.1) is 28.1 Å². The first kappa shape index (κ1) is 27.2. The summed E-state index contributed by atoms with van der Waals surface area (Å²) in [6.07, 6.45) is 0.218. The Hall–Kier alpha value is -2.84. The summed E-state index contributed by atoms with van der Waals surface area (Å²) in [5.74, 6) is -4.07. The molecule has 4 amide bonds. The zero-order chi connectivity index (χ0) is 27.4. The quantitative estimate of drug-likeness (QED) is 0.488. The van der Waals surface area contributed by atoms with Gasteiger partial charge in [0.15, 0.2) is 0 Å². The first-order valence-corrected chi connectivity index (χ1v) is 12.8. The molecule has 2 aliphatic heterocycles. The zero-order valence-electron chi connectivity index (χ0n) is 21.3. The second-order valence-electron chi connectivity index (χ2n) is 12.4. The molecule has 4 aliphatic rings. The van der Waals surface area contributed by atoms with Gasteiger partial charge in [-0.15, -0.1) is 0 Å². The second kappa shape index (κ2) is 9.17. The summed E-state index contributed by atoms with van der Waals surface area (Å²) in [4.78, 5) is 52.3. The third kappa shape index (κ3) is 5.55. The number of likely N-dealkylation sites (tertiary alicyclic amines) is 1. The Labute approximate surface area is 213 Å². The van der Waals surface area contributed by atoms with E-state index in [2.05, 4.69) is 10.6 Å². The molecular formula is C25H34F3N5O4. The minimum Gasteiger partial charge on any atom is -0.350 e. The van der Waals surface area contributed by atoms with Crippen molar-refractivity contribution in [2.45, 2.75) is 102 Å². The molecule has 9 nitrogen and oxygen atoms in total. The van der Waals surface area contributed by atoms with Crippen LogP contribution in [-0.4, -0.2) is 64.9 Å². The highest BCUT2D eigenvalue weighted by molar-refractivity contribution is 5.94. The molecule has 0 radical (unpaired) electrons. The van der Waals surface area contributed by atoms with Crippen LogP contribution in [0.4, 0.5) is 13.2 Å². The summed E-state index contributed by atoms with van der Waals surface area (Å²) in [6.45, 7) is 4.83. The van der Waals surface area contributed by atoms with Crippen LogP contribution >= 0.6 is 0 Å². The molecule has 4 atom stereocenters. The summed E-state index contributed by atoms with van der Waals surface area (Å²) in [6, 6.07) is -1.40. The van der Waals surface area contributed by atoms with Crippen LogP contribution in [0.15, 0.2) is 0 Å². The Balaban J connectivity index is 1.49. The van der Waals surface area contributed by atoms with Gasteiger partial charge in [0.1, 0.15) is 18.1 Å². The Morgan fingerprint density at radius 2 is 1.78 bits per heavy atom. The Kier molecular flexibility index (Phi) is 6.74. The molecule has 2 heterocycles. The number of rotatable bonds is 6. The number of nitrogens with one attached hydrogen (secondary N) is 3. The van der Waals surface area contributed by atoms with Gasteiger partial charge < -0.3 is 20.9 Å². The molecule has 4 rings (SSSR count). The standard InChI is InChI=1S/C25H34F3N5O4/c1-22(2,3)17(31-21(37)25(26,27)28)20(36)33-13-23(5-4-6-23)11-16(33)19(35)30-15(12-29)9-14-10-24(7-8-24)32-18(14)34/h14-17H,4-11,13H2,1-3H3,(H,30,35)(H,31,37)(H,32,34)/t14-,15+,16+,17?/m1/s1. The third-order valence-electron chi connectivity index (χ3n) is 8.40. The van der Waals surface area contributed by atoms with Crippen LogP contribution in [0.3, 0.4) is 0 Å². The lowest BCUT2D eigenvalue weighted by Gasteiger charge is -2.39. The number of carbonyl (C=O) groups excluding carboxylic acids is 4. The topological polar surface area (TPSA) is 131 Å². The zero-order valence-corrected chi connectivity index (χ0v) is 21.3. The van der Waals surface area contributed by atoms with Gasteiger partial charge in [-0.1, -0.05) is 27.2 Å².